The maximum absolute atomic E-state index is 13.3. The predicted octanol–water partition coefficient (Wildman–Crippen LogP) is 2.16. The number of aliphatic hydroxyl groups is 1. The topological polar surface area (TPSA) is 116 Å². The molecule has 2 amide bonds. The molecular weight excluding hydrogens is 527 g/mol. The molecule has 2 aromatic rings. The number of benzene rings is 2. The van der Waals surface area contributed by atoms with Gasteiger partial charge in [0.15, 0.2) is 16.4 Å². The number of carbonyl (C=O) groups excluding carboxylic acids is 2. The number of alkyl halides is 3. The first-order chi connectivity index (χ1) is 17.8. The number of sulfone groups is 1. The molecule has 0 aromatic heterocycles. The van der Waals surface area contributed by atoms with Gasteiger partial charge in [0.05, 0.1) is 29.1 Å². The average Bonchev–Trinajstić information content (AvgIpc) is 3.24. The van der Waals surface area contributed by atoms with E-state index in [2.05, 4.69) is 5.32 Å². The van der Waals surface area contributed by atoms with Crippen molar-refractivity contribution in [1.82, 2.24) is 9.80 Å². The number of nitrogens with zero attached hydrogens (tertiary/aromatic N) is 2. The molecule has 9 nitrogen and oxygen atoms in total. The molecule has 1 saturated heterocycles. The average molecular weight is 556 g/mol. The summed E-state index contributed by atoms with van der Waals surface area (Å²) in [6.07, 6.45) is -4.53. The van der Waals surface area contributed by atoms with Crippen molar-refractivity contribution in [3.05, 3.63) is 53.6 Å². The maximum Gasteiger partial charge on any atom is 0.422 e. The molecular formula is C25H28F3N3O6S. The van der Waals surface area contributed by atoms with E-state index in [4.69, 9.17) is 4.74 Å². The van der Waals surface area contributed by atoms with E-state index in [0.717, 1.165) is 0 Å². The number of aliphatic hydroxyl groups excluding tert-OH is 1. The van der Waals surface area contributed by atoms with Gasteiger partial charge >= 0.3 is 6.18 Å². The highest BCUT2D eigenvalue weighted by atomic mass is 32.2. The van der Waals surface area contributed by atoms with E-state index in [1.807, 2.05) is 4.90 Å². The Hall–Kier alpha value is -3.16. The van der Waals surface area contributed by atoms with Gasteiger partial charge in [0.25, 0.3) is 0 Å². The van der Waals surface area contributed by atoms with E-state index in [1.165, 1.54) is 35.2 Å². The second-order valence-electron chi connectivity index (χ2n) is 9.51. The van der Waals surface area contributed by atoms with E-state index in [1.54, 1.807) is 19.2 Å². The Balaban J connectivity index is 1.55. The van der Waals surface area contributed by atoms with Gasteiger partial charge in [-0.25, -0.2) is 8.42 Å². The van der Waals surface area contributed by atoms with Gasteiger partial charge in [-0.05, 0) is 41.8 Å². The zero-order valence-electron chi connectivity index (χ0n) is 20.6. The number of likely N-dealkylation sites (tertiary alicyclic amines) is 1. The lowest BCUT2D eigenvalue weighted by molar-refractivity contribution is -0.153. The summed E-state index contributed by atoms with van der Waals surface area (Å²) in [6.45, 7) is -0.107. The molecule has 2 N–H and O–H groups in total. The van der Waals surface area contributed by atoms with Crippen LogP contribution in [0, 0.1) is 0 Å². The molecule has 2 aromatic carbocycles. The van der Waals surface area contributed by atoms with E-state index < -0.39 is 46.4 Å². The van der Waals surface area contributed by atoms with Crippen molar-refractivity contribution < 1.29 is 41.0 Å². The molecule has 0 bridgehead atoms. The third kappa shape index (κ3) is 6.83. The van der Waals surface area contributed by atoms with Crippen molar-refractivity contribution in [3.63, 3.8) is 0 Å². The minimum atomic E-state index is -4.50. The molecule has 4 rings (SSSR count). The Morgan fingerprint density at radius 1 is 1.26 bits per heavy atom. The van der Waals surface area contributed by atoms with E-state index in [9.17, 15) is 36.3 Å². The highest BCUT2D eigenvalue weighted by Gasteiger charge is 2.32. The first-order valence-electron chi connectivity index (χ1n) is 11.9. The summed E-state index contributed by atoms with van der Waals surface area (Å²) in [4.78, 5) is 28.6. The van der Waals surface area contributed by atoms with Crippen LogP contribution >= 0.6 is 0 Å². The van der Waals surface area contributed by atoms with Crippen molar-refractivity contribution in [3.8, 4) is 5.75 Å². The lowest BCUT2D eigenvalue weighted by atomic mass is 10.0. The summed E-state index contributed by atoms with van der Waals surface area (Å²) >= 11 is 0. The zero-order chi connectivity index (χ0) is 27.7. The normalized spacial score (nSPS) is 19.9. The van der Waals surface area contributed by atoms with E-state index in [-0.39, 0.29) is 28.7 Å². The van der Waals surface area contributed by atoms with E-state index >= 15 is 0 Å². The molecule has 13 heteroatoms. The van der Waals surface area contributed by atoms with Crippen LogP contribution in [-0.2, 0) is 25.8 Å². The number of ether oxygens (including phenoxy) is 1. The molecule has 38 heavy (non-hydrogen) atoms. The largest absolute Gasteiger partial charge is 0.484 e. The lowest BCUT2D eigenvalue weighted by Gasteiger charge is -2.32. The summed E-state index contributed by atoms with van der Waals surface area (Å²) in [5, 5.41) is 12.5. The lowest BCUT2D eigenvalue weighted by Crippen LogP contribution is -2.39. The second-order valence-corrected chi connectivity index (χ2v) is 11.5. The van der Waals surface area contributed by atoms with Crippen LogP contribution in [0.15, 0.2) is 47.4 Å². The van der Waals surface area contributed by atoms with Crippen LogP contribution in [0.25, 0.3) is 0 Å². The molecule has 0 unspecified atom stereocenters. The Kier molecular flexibility index (Phi) is 8.00. The molecule has 2 aliphatic rings. The predicted molar refractivity (Wildman–Crippen MR) is 131 cm³/mol. The van der Waals surface area contributed by atoms with Crippen molar-refractivity contribution in [2.75, 3.05) is 44.4 Å². The molecule has 2 aliphatic heterocycles. The molecule has 0 radical (unpaired) electrons. The number of amides is 2. The van der Waals surface area contributed by atoms with Crippen LogP contribution in [0.3, 0.4) is 0 Å². The molecule has 206 valence electrons. The van der Waals surface area contributed by atoms with Crippen LogP contribution in [0.4, 0.5) is 18.9 Å². The Morgan fingerprint density at radius 2 is 2.03 bits per heavy atom. The number of rotatable bonds is 8. The Bertz CT molecular complexity index is 1320. The van der Waals surface area contributed by atoms with Crippen molar-refractivity contribution in [1.29, 1.82) is 0 Å². The number of anilines is 1. The number of β-amino-alcohol motifs (C(OH)–C–C–N with tert-alkyl or cyclic N) is 1. The fraction of sp³-hybridized carbons (Fsp3) is 0.440. The van der Waals surface area contributed by atoms with Crippen molar-refractivity contribution in [2.24, 2.45) is 0 Å². The Labute approximate surface area is 218 Å². The number of likely N-dealkylation sites (N-methyl/N-ethyl adjacent to an activating group) is 1. The van der Waals surface area contributed by atoms with Gasteiger partial charge < -0.3 is 20.1 Å². The van der Waals surface area contributed by atoms with Crippen LogP contribution in [-0.4, -0.2) is 86.5 Å². The number of carbonyl (C=O) groups is 2. The van der Waals surface area contributed by atoms with Crippen LogP contribution in [0.1, 0.15) is 23.6 Å². The maximum atomic E-state index is 13.3. The van der Waals surface area contributed by atoms with Gasteiger partial charge in [-0.1, -0.05) is 18.2 Å². The van der Waals surface area contributed by atoms with Gasteiger partial charge in [-0.15, -0.1) is 0 Å². The van der Waals surface area contributed by atoms with Gasteiger partial charge in [-0.2, -0.15) is 13.2 Å². The summed E-state index contributed by atoms with van der Waals surface area (Å²) in [7, 11) is -2.18. The number of halogens is 3. The zero-order valence-corrected chi connectivity index (χ0v) is 21.4. The molecule has 2 heterocycles. The fourth-order valence-electron chi connectivity index (χ4n) is 4.62. The molecule has 1 fully saturated rings. The number of nitrogens with one attached hydrogen (secondary N) is 1. The van der Waals surface area contributed by atoms with Gasteiger partial charge in [0.2, 0.25) is 11.8 Å². The SMILES string of the molecule is CN(C(=O)Cc1ccc2c(c1)NC(=O)CS2(=O)=O)[C@H](CN1CC[C@@H](O)C1)c1cccc(OCC(F)(F)F)c1. The second kappa shape index (κ2) is 10.9. The van der Waals surface area contributed by atoms with Crippen LogP contribution in [0.2, 0.25) is 0 Å². The quantitative estimate of drug-likeness (QED) is 0.513. The summed E-state index contributed by atoms with van der Waals surface area (Å²) in [5.74, 6) is -1.61. The minimum absolute atomic E-state index is 0.0113. The molecule has 0 spiro atoms. The first kappa shape index (κ1) is 27.9. The van der Waals surface area contributed by atoms with Crippen LogP contribution in [0.5, 0.6) is 5.75 Å². The van der Waals surface area contributed by atoms with Crippen LogP contribution < -0.4 is 10.1 Å². The van der Waals surface area contributed by atoms with Gasteiger partial charge in [0.1, 0.15) is 11.5 Å². The first-order valence-corrected chi connectivity index (χ1v) is 13.6. The van der Waals surface area contributed by atoms with Crippen molar-refractivity contribution in [2.45, 2.75) is 36.1 Å². The summed E-state index contributed by atoms with van der Waals surface area (Å²) < 4.78 is 67.4. The summed E-state index contributed by atoms with van der Waals surface area (Å²) in [5.41, 5.74) is 1.16. The fourth-order valence-corrected chi connectivity index (χ4v) is 5.91. The minimum Gasteiger partial charge on any atom is -0.484 e. The monoisotopic (exact) mass is 555 g/mol. The van der Waals surface area contributed by atoms with E-state index in [0.29, 0.717) is 37.2 Å². The highest BCUT2D eigenvalue weighted by Crippen LogP contribution is 2.30. The number of hydrogen-bond donors (Lipinski definition) is 2. The number of hydrogen-bond acceptors (Lipinski definition) is 7. The summed E-state index contributed by atoms with van der Waals surface area (Å²) in [6, 6.07) is 9.87. The molecule has 0 aliphatic carbocycles. The van der Waals surface area contributed by atoms with Gasteiger partial charge in [0, 0.05) is 26.7 Å². The molecule has 2 atom stereocenters. The third-order valence-corrected chi connectivity index (χ3v) is 8.18. The third-order valence-electron chi connectivity index (χ3n) is 6.51. The number of fused-ring (bicyclic) bond motifs is 1. The van der Waals surface area contributed by atoms with Gasteiger partial charge in [-0.3, -0.25) is 14.5 Å². The molecule has 0 saturated carbocycles. The van der Waals surface area contributed by atoms with Crippen molar-refractivity contribution >= 4 is 27.3 Å². The Morgan fingerprint density at radius 3 is 2.71 bits per heavy atom. The smallest absolute Gasteiger partial charge is 0.422 e. The highest BCUT2D eigenvalue weighted by molar-refractivity contribution is 7.92. The standard InChI is InChI=1S/C25H28F3N3O6S/c1-30(24(34)10-16-5-6-22-20(9-16)29-23(33)14-38(22,35)36)21(13-31-8-7-18(32)12-31)17-3-2-4-19(11-17)37-15-25(26,27)28/h2-6,9,11,18,21,32H,7-8,10,12-15H2,1H3,(H,29,33)/t18-,21-/m1/s1.